The van der Waals surface area contributed by atoms with E-state index < -0.39 is 6.10 Å². The Hall–Kier alpha value is -4.66. The van der Waals surface area contributed by atoms with E-state index in [-0.39, 0.29) is 36.6 Å². The van der Waals surface area contributed by atoms with Crippen LogP contribution in [0.15, 0.2) is 109 Å². The van der Waals surface area contributed by atoms with Crippen LogP contribution >= 0.6 is 0 Å². The van der Waals surface area contributed by atoms with Gasteiger partial charge in [-0.05, 0) is 115 Å². The molecule has 1 saturated heterocycles. The standard InChI is InChI=1S/C22H28O2.C16H21NO3.C15H22O2/c1-2-7-17-12-13-20(14-17)22(23)19-10-6-11-21(15-19)24-16-18-8-4-3-5-9-18;1-2-6-14-9-10-15(11-18)17(14)16(19)20-12-13-7-4-3-5-8-13;1-2-4-11-7-8-13(9-11)15(17)12-5-3-6-14(16)10-12/h3-6,8-11,15,17,20,22-23H,2,7,12-14,16H2,1H3;3-5,7-8,11,14-15H,2,6,9-10,12H2,1H3;3,5-6,10-11,13,15-17H,2,4,7-9H2,1H3/t17-,20+,22+;14-,15-;11-,13+,15+/m111/s1. The summed E-state index contributed by atoms with van der Waals surface area (Å²) in [5, 5.41) is 30.5. The lowest BCUT2D eigenvalue weighted by molar-refractivity contribution is -0.111. The number of hydrogen-bond donors (Lipinski definition) is 3. The van der Waals surface area contributed by atoms with Gasteiger partial charge in [-0.3, -0.25) is 4.90 Å². The Labute approximate surface area is 365 Å². The highest BCUT2D eigenvalue weighted by Crippen LogP contribution is 2.42. The van der Waals surface area contributed by atoms with Crippen LogP contribution in [0.3, 0.4) is 0 Å². The number of aliphatic hydroxyl groups excluding tert-OH is 2. The minimum absolute atomic E-state index is 0.137. The van der Waals surface area contributed by atoms with Gasteiger partial charge >= 0.3 is 6.09 Å². The van der Waals surface area contributed by atoms with Crippen LogP contribution in [0.4, 0.5) is 4.79 Å². The van der Waals surface area contributed by atoms with Crippen molar-refractivity contribution in [2.24, 2.45) is 23.7 Å². The van der Waals surface area contributed by atoms with Gasteiger partial charge in [0.05, 0.1) is 18.2 Å². The molecule has 0 spiro atoms. The zero-order valence-corrected chi connectivity index (χ0v) is 36.8. The monoisotopic (exact) mass is 834 g/mol. The average Bonchev–Trinajstić information content (AvgIpc) is 4.07. The van der Waals surface area contributed by atoms with Gasteiger partial charge in [0.15, 0.2) is 0 Å². The van der Waals surface area contributed by atoms with E-state index in [1.54, 1.807) is 23.1 Å². The van der Waals surface area contributed by atoms with Gasteiger partial charge in [-0.25, -0.2) is 4.79 Å². The molecule has 0 bridgehead atoms. The summed E-state index contributed by atoms with van der Waals surface area (Å²) < 4.78 is 11.2. The van der Waals surface area contributed by atoms with Crippen LogP contribution < -0.4 is 4.74 Å². The molecule has 61 heavy (non-hydrogen) atoms. The fourth-order valence-corrected chi connectivity index (χ4v) is 9.66. The molecule has 2 saturated carbocycles. The molecule has 1 heterocycles. The minimum atomic E-state index is -0.413. The Morgan fingerprint density at radius 1 is 0.656 bits per heavy atom. The lowest BCUT2D eigenvalue weighted by Crippen LogP contribution is -2.42. The summed E-state index contributed by atoms with van der Waals surface area (Å²) >= 11 is 0. The molecule has 0 unspecified atom stereocenters. The van der Waals surface area contributed by atoms with Gasteiger partial charge in [-0.1, -0.05) is 151 Å². The predicted octanol–water partition coefficient (Wildman–Crippen LogP) is 12.3. The number of aldehydes is 1. The Morgan fingerprint density at radius 2 is 1.20 bits per heavy atom. The molecule has 8 atom stereocenters. The summed E-state index contributed by atoms with van der Waals surface area (Å²) in [5.74, 6) is 3.42. The summed E-state index contributed by atoms with van der Waals surface area (Å²) in [4.78, 5) is 24.9. The molecule has 3 N–H and O–H groups in total. The van der Waals surface area contributed by atoms with E-state index in [2.05, 4.69) is 32.9 Å². The maximum atomic E-state index is 12.2. The smallest absolute Gasteiger partial charge is 0.410 e. The minimum Gasteiger partial charge on any atom is -0.508 e. The second-order valence-corrected chi connectivity index (χ2v) is 17.5. The quantitative estimate of drug-likeness (QED) is 0.0963. The van der Waals surface area contributed by atoms with Gasteiger partial charge in [0.25, 0.3) is 0 Å². The molecule has 4 aromatic rings. The van der Waals surface area contributed by atoms with Crippen molar-refractivity contribution in [2.75, 3.05) is 0 Å². The van der Waals surface area contributed by atoms with Crippen molar-refractivity contribution in [1.29, 1.82) is 0 Å². The molecule has 2 aliphatic carbocycles. The summed E-state index contributed by atoms with van der Waals surface area (Å²) in [5.41, 5.74) is 3.95. The van der Waals surface area contributed by atoms with E-state index in [0.717, 1.165) is 97.5 Å². The molecular weight excluding hydrogens is 763 g/mol. The summed E-state index contributed by atoms with van der Waals surface area (Å²) in [6, 6.07) is 34.5. The molecule has 0 aromatic heterocycles. The van der Waals surface area contributed by atoms with Crippen molar-refractivity contribution in [2.45, 2.75) is 148 Å². The second kappa shape index (κ2) is 25.3. The fraction of sp³-hybridized carbons (Fsp3) is 0.509. The maximum absolute atomic E-state index is 12.2. The summed E-state index contributed by atoms with van der Waals surface area (Å²) in [6.07, 6.45) is 15.4. The van der Waals surface area contributed by atoms with Gasteiger partial charge in [0.1, 0.15) is 31.0 Å². The van der Waals surface area contributed by atoms with Crippen molar-refractivity contribution in [3.8, 4) is 11.5 Å². The van der Waals surface area contributed by atoms with Crippen LogP contribution in [0.1, 0.15) is 145 Å². The lowest BCUT2D eigenvalue weighted by Gasteiger charge is -2.26. The Kier molecular flexibility index (Phi) is 19.7. The first kappa shape index (κ1) is 47.4. The zero-order chi connectivity index (χ0) is 43.4. The number of nitrogens with zero attached hydrogens (tertiary/aromatic N) is 1. The van der Waals surface area contributed by atoms with E-state index >= 15 is 0 Å². The number of carbonyl (C=O) groups excluding carboxylic acids is 2. The SMILES string of the molecule is CCC[C@@H]1CC[C@H](C=O)N1C(=O)OCc1ccccc1.CCC[C@@H]1CC[C@H]([C@@H](O)c2cccc(O)c2)C1.CCC[C@@H]1CC[C@H]([C@@H](O)c2cccc(OCc3ccccc3)c2)C1. The molecule has 3 aliphatic rings. The zero-order valence-electron chi connectivity index (χ0n) is 36.8. The maximum Gasteiger partial charge on any atom is 0.410 e. The van der Waals surface area contributed by atoms with Crippen molar-refractivity contribution >= 4 is 12.4 Å². The molecule has 0 radical (unpaired) electrons. The third-order valence-corrected chi connectivity index (χ3v) is 12.9. The summed E-state index contributed by atoms with van der Waals surface area (Å²) in [7, 11) is 0. The molecule has 8 heteroatoms. The molecule has 1 aliphatic heterocycles. The van der Waals surface area contributed by atoms with Crippen LogP contribution in [0.5, 0.6) is 11.5 Å². The number of phenolic OH excluding ortho intramolecular Hbond substituents is 1. The number of hydrogen-bond acceptors (Lipinski definition) is 7. The van der Waals surface area contributed by atoms with E-state index in [1.165, 1.54) is 38.5 Å². The van der Waals surface area contributed by atoms with Gasteiger partial charge in [0.2, 0.25) is 0 Å². The largest absolute Gasteiger partial charge is 0.508 e. The average molecular weight is 834 g/mol. The van der Waals surface area contributed by atoms with Crippen molar-refractivity contribution in [1.82, 2.24) is 4.90 Å². The van der Waals surface area contributed by atoms with E-state index in [4.69, 9.17) is 9.47 Å². The van der Waals surface area contributed by atoms with Crippen LogP contribution in [0.2, 0.25) is 0 Å². The predicted molar refractivity (Wildman–Crippen MR) is 243 cm³/mol. The highest BCUT2D eigenvalue weighted by molar-refractivity contribution is 5.74. The fourth-order valence-electron chi connectivity index (χ4n) is 9.66. The molecular formula is C53H71NO7. The number of benzene rings is 4. The van der Waals surface area contributed by atoms with Crippen molar-refractivity contribution < 1.29 is 34.4 Å². The van der Waals surface area contributed by atoms with Gasteiger partial charge in [-0.15, -0.1) is 0 Å². The molecule has 1 amide bonds. The number of aromatic hydroxyl groups is 1. The van der Waals surface area contributed by atoms with Crippen LogP contribution in [-0.2, 0) is 22.7 Å². The number of rotatable bonds is 16. The Bertz CT molecular complexity index is 1850. The number of ether oxygens (including phenoxy) is 2. The van der Waals surface area contributed by atoms with Gasteiger partial charge in [-0.2, -0.15) is 0 Å². The van der Waals surface area contributed by atoms with Gasteiger partial charge in [0, 0.05) is 6.04 Å². The second-order valence-electron chi connectivity index (χ2n) is 17.5. The topological polar surface area (TPSA) is 117 Å². The number of likely N-dealkylation sites (tertiary alicyclic amines) is 1. The molecule has 8 nitrogen and oxygen atoms in total. The number of carbonyl (C=O) groups is 2. The van der Waals surface area contributed by atoms with Crippen molar-refractivity contribution in [3.63, 3.8) is 0 Å². The normalized spacial score (nSPS) is 22.9. The molecule has 4 aromatic carbocycles. The lowest BCUT2D eigenvalue weighted by atomic mass is 9.92. The molecule has 330 valence electrons. The number of aliphatic hydroxyl groups is 2. The third-order valence-electron chi connectivity index (χ3n) is 12.9. The highest BCUT2D eigenvalue weighted by atomic mass is 16.6. The van der Waals surface area contributed by atoms with Crippen molar-refractivity contribution in [3.05, 3.63) is 131 Å². The highest BCUT2D eigenvalue weighted by Gasteiger charge is 2.37. The first-order chi connectivity index (χ1) is 29.7. The first-order valence-electron chi connectivity index (χ1n) is 23.1. The summed E-state index contributed by atoms with van der Waals surface area (Å²) in [6.45, 7) is 7.36. The van der Waals surface area contributed by atoms with E-state index in [1.807, 2.05) is 78.9 Å². The first-order valence-corrected chi connectivity index (χ1v) is 23.1. The van der Waals surface area contributed by atoms with Crippen LogP contribution in [0, 0.1) is 23.7 Å². The Balaban J connectivity index is 0.000000176. The third kappa shape index (κ3) is 14.7. The molecule has 3 fully saturated rings. The molecule has 7 rings (SSSR count). The number of phenols is 1. The van der Waals surface area contributed by atoms with E-state index in [9.17, 15) is 24.9 Å². The Morgan fingerprint density at radius 3 is 1.74 bits per heavy atom. The van der Waals surface area contributed by atoms with E-state index in [0.29, 0.717) is 18.4 Å². The number of amides is 1. The van der Waals surface area contributed by atoms with Gasteiger partial charge < -0.3 is 29.6 Å². The van der Waals surface area contributed by atoms with Crippen LogP contribution in [-0.4, -0.2) is 44.7 Å². The van der Waals surface area contributed by atoms with Crippen LogP contribution in [0.25, 0.3) is 0 Å².